The normalized spacial score (nSPS) is 23.8. The Morgan fingerprint density at radius 1 is 1.00 bits per heavy atom. The van der Waals surface area contributed by atoms with Crippen molar-refractivity contribution in [2.45, 2.75) is 69.5 Å². The fourth-order valence-electron chi connectivity index (χ4n) is 7.01. The first kappa shape index (κ1) is 30.3. The number of benzene rings is 1. The first-order chi connectivity index (χ1) is 20.2. The Hall–Kier alpha value is -3.21. The Bertz CT molecular complexity index is 1160. The van der Waals surface area contributed by atoms with Crippen LogP contribution in [0.2, 0.25) is 0 Å². The molecule has 0 radical (unpaired) electrons. The van der Waals surface area contributed by atoms with E-state index in [-0.39, 0.29) is 30.1 Å². The van der Waals surface area contributed by atoms with Gasteiger partial charge in [0.15, 0.2) is 0 Å². The van der Waals surface area contributed by atoms with Gasteiger partial charge in [-0.2, -0.15) is 0 Å². The first-order valence-corrected chi connectivity index (χ1v) is 15.5. The van der Waals surface area contributed by atoms with E-state index in [9.17, 15) is 19.2 Å². The molecule has 0 saturated carbocycles. The van der Waals surface area contributed by atoms with Crippen molar-refractivity contribution in [3.05, 3.63) is 18.2 Å². The van der Waals surface area contributed by atoms with Crippen LogP contribution in [0.5, 0.6) is 0 Å². The molecule has 42 heavy (non-hydrogen) atoms. The fourth-order valence-corrected chi connectivity index (χ4v) is 7.01. The number of nitrogens with zero attached hydrogens (tertiary/aromatic N) is 5. The summed E-state index contributed by atoms with van der Waals surface area (Å²) in [5, 5.41) is 2.40. The number of anilines is 3. The predicted octanol–water partition coefficient (Wildman–Crippen LogP) is 2.55. The average molecular weight is 585 g/mol. The molecule has 1 atom stereocenters. The number of hydrogen-bond donors (Lipinski definition) is 1. The second-order valence-electron chi connectivity index (χ2n) is 12.5. The average Bonchev–Trinajstić information content (AvgIpc) is 3.00. The van der Waals surface area contributed by atoms with Gasteiger partial charge in [-0.05, 0) is 63.4 Å². The second kappa shape index (κ2) is 13.0. The van der Waals surface area contributed by atoms with E-state index in [0.29, 0.717) is 57.7 Å². The zero-order chi connectivity index (χ0) is 29.9. The number of amides is 4. The molecule has 230 valence electrons. The maximum atomic E-state index is 15.6. The topological polar surface area (TPSA) is 96.5 Å². The molecule has 4 fully saturated rings. The molecule has 4 saturated heterocycles. The van der Waals surface area contributed by atoms with Crippen LogP contribution in [0.3, 0.4) is 0 Å². The number of alkyl halides is 1. The molecule has 1 unspecified atom stereocenters. The number of imide groups is 1. The molecular weight excluding hydrogens is 539 g/mol. The van der Waals surface area contributed by atoms with Gasteiger partial charge in [0.2, 0.25) is 24.1 Å². The standard InChI is InChI=1S/C31H45FN6O4/c1-34(22-39)27-20-24(6-7-25(27)35(2)26-8-9-28(40)33-29(26)41)37-16-10-23(11-17-37)30(42)38-18-12-31(32,13-19-38)21-36-14-4-3-5-15-36/h6-7,20,22-23,26H,3-5,8-19,21H2,1-2H3,(H,33,40,41). The largest absolute Gasteiger partial charge is 0.371 e. The summed E-state index contributed by atoms with van der Waals surface area (Å²) in [4.78, 5) is 58.9. The summed E-state index contributed by atoms with van der Waals surface area (Å²) in [7, 11) is 3.48. The predicted molar refractivity (Wildman–Crippen MR) is 160 cm³/mol. The van der Waals surface area contributed by atoms with Crippen molar-refractivity contribution in [2.24, 2.45) is 5.92 Å². The fraction of sp³-hybridized carbons (Fsp3) is 0.677. The maximum Gasteiger partial charge on any atom is 0.249 e. The Balaban J connectivity index is 1.17. The third-order valence-electron chi connectivity index (χ3n) is 9.69. The van der Waals surface area contributed by atoms with Gasteiger partial charge in [-0.3, -0.25) is 24.5 Å². The number of nitrogens with one attached hydrogen (secondary N) is 1. The second-order valence-corrected chi connectivity index (χ2v) is 12.5. The van der Waals surface area contributed by atoms with Crippen molar-refractivity contribution in [1.29, 1.82) is 0 Å². The minimum Gasteiger partial charge on any atom is -0.371 e. The van der Waals surface area contributed by atoms with Crippen molar-refractivity contribution >= 4 is 41.2 Å². The molecule has 1 N–H and O–H groups in total. The highest BCUT2D eigenvalue weighted by atomic mass is 19.1. The van der Waals surface area contributed by atoms with E-state index in [2.05, 4.69) is 15.1 Å². The highest BCUT2D eigenvalue weighted by Crippen LogP contribution is 2.36. The minimum atomic E-state index is -1.19. The van der Waals surface area contributed by atoms with Crippen molar-refractivity contribution in [3.63, 3.8) is 0 Å². The number of likely N-dealkylation sites (N-methyl/N-ethyl adjacent to an activating group) is 1. The lowest BCUT2D eigenvalue weighted by molar-refractivity contribution is -0.139. The van der Waals surface area contributed by atoms with Gasteiger partial charge in [-0.25, -0.2) is 4.39 Å². The van der Waals surface area contributed by atoms with Crippen molar-refractivity contribution in [2.75, 3.05) is 74.6 Å². The number of piperidine rings is 4. The van der Waals surface area contributed by atoms with E-state index >= 15 is 4.39 Å². The van der Waals surface area contributed by atoms with Crippen LogP contribution in [0.15, 0.2) is 18.2 Å². The van der Waals surface area contributed by atoms with E-state index in [4.69, 9.17) is 0 Å². The Morgan fingerprint density at radius 2 is 1.69 bits per heavy atom. The van der Waals surface area contributed by atoms with Crippen LogP contribution >= 0.6 is 0 Å². The van der Waals surface area contributed by atoms with E-state index in [1.54, 1.807) is 14.1 Å². The molecule has 10 nitrogen and oxygen atoms in total. The third kappa shape index (κ3) is 6.71. The monoisotopic (exact) mass is 584 g/mol. The third-order valence-corrected chi connectivity index (χ3v) is 9.69. The van der Waals surface area contributed by atoms with Crippen LogP contribution in [0.1, 0.15) is 57.8 Å². The number of rotatable bonds is 8. The van der Waals surface area contributed by atoms with Gasteiger partial charge >= 0.3 is 0 Å². The lowest BCUT2D eigenvalue weighted by Gasteiger charge is -2.42. The van der Waals surface area contributed by atoms with Crippen molar-refractivity contribution in [1.82, 2.24) is 15.1 Å². The number of likely N-dealkylation sites (tertiary alicyclic amines) is 2. The molecule has 0 aromatic heterocycles. The van der Waals surface area contributed by atoms with Crippen molar-refractivity contribution < 1.29 is 23.6 Å². The summed E-state index contributed by atoms with van der Waals surface area (Å²) in [5.41, 5.74) is 1.15. The number of halogens is 1. The minimum absolute atomic E-state index is 0.0643. The van der Waals surface area contributed by atoms with Gasteiger partial charge in [0.1, 0.15) is 11.7 Å². The first-order valence-electron chi connectivity index (χ1n) is 15.5. The van der Waals surface area contributed by atoms with E-state index < -0.39 is 11.7 Å². The van der Waals surface area contributed by atoms with Gasteiger partial charge < -0.3 is 24.5 Å². The molecule has 4 amide bonds. The van der Waals surface area contributed by atoms with Crippen LogP contribution in [0.25, 0.3) is 0 Å². The summed E-state index contributed by atoms with van der Waals surface area (Å²) >= 11 is 0. The van der Waals surface area contributed by atoms with Gasteiger partial charge in [0, 0.05) is 77.7 Å². The lowest BCUT2D eigenvalue weighted by Crippen LogP contribution is -2.52. The van der Waals surface area contributed by atoms with Gasteiger partial charge in [-0.15, -0.1) is 0 Å². The molecule has 0 aliphatic carbocycles. The molecule has 4 heterocycles. The molecular formula is C31H45FN6O4. The Labute approximate surface area is 248 Å². The van der Waals surface area contributed by atoms with Crippen LogP contribution in [0, 0.1) is 5.92 Å². The molecule has 1 aromatic carbocycles. The van der Waals surface area contributed by atoms with E-state index in [1.807, 2.05) is 28.0 Å². The van der Waals surface area contributed by atoms with Gasteiger partial charge in [0.25, 0.3) is 0 Å². The molecule has 1 aromatic rings. The highest BCUT2D eigenvalue weighted by Gasteiger charge is 2.39. The zero-order valence-electron chi connectivity index (χ0n) is 25.0. The lowest BCUT2D eigenvalue weighted by atomic mass is 9.89. The summed E-state index contributed by atoms with van der Waals surface area (Å²) < 4.78 is 15.6. The quantitative estimate of drug-likeness (QED) is 0.371. The van der Waals surface area contributed by atoms with Crippen LogP contribution < -0.4 is 20.0 Å². The van der Waals surface area contributed by atoms with Gasteiger partial charge in [0.05, 0.1) is 11.4 Å². The number of carbonyl (C=O) groups is 4. The zero-order valence-corrected chi connectivity index (χ0v) is 25.0. The molecule has 5 rings (SSSR count). The van der Waals surface area contributed by atoms with Gasteiger partial charge in [-0.1, -0.05) is 6.42 Å². The molecule has 4 aliphatic rings. The number of carbonyl (C=O) groups excluding carboxylic acids is 4. The molecule has 11 heteroatoms. The van der Waals surface area contributed by atoms with E-state index in [1.165, 1.54) is 11.3 Å². The Morgan fingerprint density at radius 3 is 2.33 bits per heavy atom. The maximum absolute atomic E-state index is 15.6. The summed E-state index contributed by atoms with van der Waals surface area (Å²) in [6.45, 7) is 4.87. The van der Waals surface area contributed by atoms with E-state index in [0.717, 1.165) is 56.6 Å². The summed E-state index contributed by atoms with van der Waals surface area (Å²) in [5.74, 6) is -0.518. The Kier molecular flexibility index (Phi) is 9.35. The molecule has 4 aliphatic heterocycles. The number of hydrogen-bond acceptors (Lipinski definition) is 7. The van der Waals surface area contributed by atoms with Crippen LogP contribution in [0.4, 0.5) is 21.5 Å². The highest BCUT2D eigenvalue weighted by molar-refractivity contribution is 6.02. The van der Waals surface area contributed by atoms with Crippen LogP contribution in [-0.4, -0.2) is 106 Å². The summed E-state index contributed by atoms with van der Waals surface area (Å²) in [6.07, 6.45) is 7.25. The van der Waals surface area contributed by atoms with Crippen molar-refractivity contribution in [3.8, 4) is 0 Å². The molecule has 0 bridgehead atoms. The summed E-state index contributed by atoms with van der Waals surface area (Å²) in [6, 6.07) is 5.33. The van der Waals surface area contributed by atoms with Crippen LogP contribution in [-0.2, 0) is 19.2 Å². The smallest absolute Gasteiger partial charge is 0.249 e. The molecule has 0 spiro atoms. The SMILES string of the molecule is CN(C=O)c1cc(N2CCC(C(=O)N3CCC(F)(CN4CCCCC4)CC3)CC2)ccc1N(C)C1CCC(=O)NC1=O.